The summed E-state index contributed by atoms with van der Waals surface area (Å²) in [6.45, 7) is 0.456. The first-order valence-electron chi connectivity index (χ1n) is 7.91. The van der Waals surface area contributed by atoms with Crippen molar-refractivity contribution in [2.45, 2.75) is 31.4 Å². The summed E-state index contributed by atoms with van der Waals surface area (Å²) in [6.07, 6.45) is 3.27. The first kappa shape index (κ1) is 18.5. The van der Waals surface area contributed by atoms with Crippen molar-refractivity contribution in [3.63, 3.8) is 0 Å². The fourth-order valence-corrected chi connectivity index (χ4v) is 4.18. The van der Waals surface area contributed by atoms with Gasteiger partial charge in [-0.1, -0.05) is 23.7 Å². The Balaban J connectivity index is 0.00000192. The van der Waals surface area contributed by atoms with Gasteiger partial charge in [0, 0.05) is 24.7 Å². The van der Waals surface area contributed by atoms with Crippen LogP contribution in [0.25, 0.3) is 0 Å². The third-order valence-corrected chi connectivity index (χ3v) is 5.52. The van der Waals surface area contributed by atoms with E-state index >= 15 is 0 Å². The normalized spacial score (nSPS) is 29.9. The number of hydrogen-bond donors (Lipinski definition) is 2. The van der Waals surface area contributed by atoms with Crippen molar-refractivity contribution in [2.75, 3.05) is 13.7 Å². The highest BCUT2D eigenvalue weighted by Gasteiger charge is 2.49. The van der Waals surface area contributed by atoms with Gasteiger partial charge >= 0.3 is 0 Å². The molecule has 128 valence electrons. The number of halogens is 2. The van der Waals surface area contributed by atoms with Crippen LogP contribution in [0.5, 0.6) is 0 Å². The number of amides is 1. The lowest BCUT2D eigenvalue weighted by Gasteiger charge is -2.27. The quantitative estimate of drug-likeness (QED) is 0.850. The molecule has 2 aliphatic rings. The monoisotopic (exact) mass is 358 g/mol. The number of rotatable bonds is 5. The molecule has 1 aromatic rings. The topological polar surface area (TPSA) is 64.3 Å². The molecule has 0 radical (unpaired) electrons. The van der Waals surface area contributed by atoms with Crippen LogP contribution in [0.15, 0.2) is 24.3 Å². The van der Waals surface area contributed by atoms with Gasteiger partial charge in [-0.15, -0.1) is 12.4 Å². The van der Waals surface area contributed by atoms with Crippen LogP contribution in [0, 0.1) is 17.8 Å². The van der Waals surface area contributed by atoms with E-state index in [9.17, 15) is 4.79 Å². The molecule has 0 aliphatic heterocycles. The van der Waals surface area contributed by atoms with Gasteiger partial charge in [-0.25, -0.2) is 0 Å². The van der Waals surface area contributed by atoms with E-state index in [0.717, 1.165) is 18.4 Å². The number of nitrogens with one attached hydrogen (secondary N) is 1. The molecule has 1 amide bonds. The summed E-state index contributed by atoms with van der Waals surface area (Å²) in [5.41, 5.74) is 7.23. The highest BCUT2D eigenvalue weighted by atomic mass is 35.5. The zero-order valence-corrected chi connectivity index (χ0v) is 14.8. The third kappa shape index (κ3) is 3.82. The molecule has 0 heterocycles. The highest BCUT2D eigenvalue weighted by Crippen LogP contribution is 2.47. The zero-order valence-electron chi connectivity index (χ0n) is 13.2. The van der Waals surface area contributed by atoms with Gasteiger partial charge in [0.1, 0.15) is 0 Å². The number of ether oxygens (including phenoxy) is 1. The average molecular weight is 359 g/mol. The lowest BCUT2D eigenvalue weighted by Crippen LogP contribution is -2.46. The summed E-state index contributed by atoms with van der Waals surface area (Å²) in [4.78, 5) is 12.5. The fraction of sp³-hybridized carbons (Fsp3) is 0.588. The standard InChI is InChI=1S/C17H23ClN2O2.ClH/c1-22-14(10-4-6-13(18)7-5-10)9-20-17(21)15-11-2-3-12(8-11)16(15)19;/h4-7,11-12,14-16H,2-3,8-9,19H2,1H3,(H,20,21);1H. The largest absolute Gasteiger partial charge is 0.375 e. The second kappa shape index (κ2) is 7.84. The van der Waals surface area contributed by atoms with Crippen LogP contribution >= 0.6 is 24.0 Å². The minimum atomic E-state index is -0.170. The molecular formula is C17H24Cl2N2O2. The molecule has 2 bridgehead atoms. The summed E-state index contributed by atoms with van der Waals surface area (Å²) >= 11 is 5.90. The van der Waals surface area contributed by atoms with E-state index in [1.165, 1.54) is 6.42 Å². The summed E-state index contributed by atoms with van der Waals surface area (Å²) in [7, 11) is 1.65. The average Bonchev–Trinajstić information content (AvgIpc) is 3.10. The molecule has 0 aromatic heterocycles. The smallest absolute Gasteiger partial charge is 0.225 e. The van der Waals surface area contributed by atoms with Gasteiger partial charge in [-0.2, -0.15) is 0 Å². The Labute approximate surface area is 148 Å². The van der Waals surface area contributed by atoms with Crippen LogP contribution in [0.1, 0.15) is 30.9 Å². The van der Waals surface area contributed by atoms with Gasteiger partial charge in [0.15, 0.2) is 0 Å². The van der Waals surface area contributed by atoms with E-state index < -0.39 is 0 Å². The maximum atomic E-state index is 12.5. The number of carbonyl (C=O) groups excluding carboxylic acids is 1. The number of nitrogens with two attached hydrogens (primary N) is 1. The van der Waals surface area contributed by atoms with Gasteiger partial charge in [0.2, 0.25) is 5.91 Å². The van der Waals surface area contributed by atoms with Gasteiger partial charge in [-0.3, -0.25) is 4.79 Å². The molecule has 3 rings (SSSR count). The van der Waals surface area contributed by atoms with E-state index in [0.29, 0.717) is 23.4 Å². The molecule has 23 heavy (non-hydrogen) atoms. The number of benzene rings is 1. The van der Waals surface area contributed by atoms with E-state index in [4.69, 9.17) is 22.1 Å². The lowest BCUT2D eigenvalue weighted by atomic mass is 9.84. The first-order valence-corrected chi connectivity index (χ1v) is 8.29. The summed E-state index contributed by atoms with van der Waals surface area (Å²) in [5, 5.41) is 3.72. The molecule has 4 nitrogen and oxygen atoms in total. The Hall–Kier alpha value is -0.810. The molecule has 1 aromatic carbocycles. The number of carbonyl (C=O) groups is 1. The Kier molecular flexibility index (Phi) is 6.32. The molecule has 2 aliphatic carbocycles. The van der Waals surface area contributed by atoms with Gasteiger partial charge in [-0.05, 0) is 48.8 Å². The zero-order chi connectivity index (χ0) is 15.7. The Morgan fingerprint density at radius 2 is 2.00 bits per heavy atom. The van der Waals surface area contributed by atoms with Crippen molar-refractivity contribution < 1.29 is 9.53 Å². The Bertz CT molecular complexity index is 536. The van der Waals surface area contributed by atoms with Crippen LogP contribution in [0.4, 0.5) is 0 Å². The van der Waals surface area contributed by atoms with Crippen molar-refractivity contribution in [3.05, 3.63) is 34.9 Å². The van der Waals surface area contributed by atoms with Crippen LogP contribution in [-0.2, 0) is 9.53 Å². The molecule has 3 N–H and O–H groups in total. The molecular weight excluding hydrogens is 335 g/mol. The number of hydrogen-bond acceptors (Lipinski definition) is 3. The van der Waals surface area contributed by atoms with E-state index in [1.54, 1.807) is 7.11 Å². The van der Waals surface area contributed by atoms with E-state index in [-0.39, 0.29) is 36.4 Å². The van der Waals surface area contributed by atoms with E-state index in [1.807, 2.05) is 24.3 Å². The maximum absolute atomic E-state index is 12.5. The van der Waals surface area contributed by atoms with Gasteiger partial charge in [0.05, 0.1) is 12.0 Å². The lowest BCUT2D eigenvalue weighted by molar-refractivity contribution is -0.127. The summed E-state index contributed by atoms with van der Waals surface area (Å²) < 4.78 is 5.49. The molecule has 5 unspecified atom stereocenters. The van der Waals surface area contributed by atoms with Crippen LogP contribution < -0.4 is 11.1 Å². The molecule has 2 saturated carbocycles. The third-order valence-electron chi connectivity index (χ3n) is 5.27. The van der Waals surface area contributed by atoms with Crippen molar-refractivity contribution in [1.82, 2.24) is 5.32 Å². The second-order valence-corrected chi connectivity index (χ2v) is 6.89. The maximum Gasteiger partial charge on any atom is 0.225 e. The molecule has 2 fully saturated rings. The minimum Gasteiger partial charge on any atom is -0.375 e. The van der Waals surface area contributed by atoms with Gasteiger partial charge in [0.25, 0.3) is 0 Å². The van der Waals surface area contributed by atoms with Crippen LogP contribution in [-0.4, -0.2) is 25.6 Å². The molecule has 6 heteroatoms. The SMILES string of the molecule is COC(CNC(=O)C1C2CCC(C2)C1N)c1ccc(Cl)cc1.Cl. The van der Waals surface area contributed by atoms with Gasteiger partial charge < -0.3 is 15.8 Å². The minimum absolute atomic E-state index is 0. The Morgan fingerprint density at radius 1 is 1.35 bits per heavy atom. The van der Waals surface area contributed by atoms with Crippen LogP contribution in [0.3, 0.4) is 0 Å². The van der Waals surface area contributed by atoms with Crippen LogP contribution in [0.2, 0.25) is 5.02 Å². The van der Waals surface area contributed by atoms with Crippen molar-refractivity contribution in [3.8, 4) is 0 Å². The van der Waals surface area contributed by atoms with Crippen molar-refractivity contribution >= 4 is 29.9 Å². The summed E-state index contributed by atoms with van der Waals surface area (Å²) in [6, 6.07) is 7.53. The molecule has 0 spiro atoms. The second-order valence-electron chi connectivity index (χ2n) is 6.46. The Morgan fingerprint density at radius 3 is 2.57 bits per heavy atom. The number of methoxy groups -OCH3 is 1. The first-order chi connectivity index (χ1) is 10.6. The van der Waals surface area contributed by atoms with Crippen molar-refractivity contribution in [2.24, 2.45) is 23.5 Å². The molecule has 5 atom stereocenters. The number of fused-ring (bicyclic) bond motifs is 2. The fourth-order valence-electron chi connectivity index (χ4n) is 4.05. The molecule has 0 saturated heterocycles. The highest BCUT2D eigenvalue weighted by molar-refractivity contribution is 6.30. The predicted molar refractivity (Wildman–Crippen MR) is 93.8 cm³/mol. The predicted octanol–water partition coefficient (Wildman–Crippen LogP) is 2.94. The van der Waals surface area contributed by atoms with E-state index in [2.05, 4.69) is 5.32 Å². The van der Waals surface area contributed by atoms with Crippen molar-refractivity contribution in [1.29, 1.82) is 0 Å². The summed E-state index contributed by atoms with van der Waals surface area (Å²) in [5.74, 6) is 1.06.